The molecule has 80 valence electrons. The normalized spacial score (nSPS) is 16.2. The number of benzene rings is 1. The monoisotopic (exact) mass is 226 g/mol. The summed E-state index contributed by atoms with van der Waals surface area (Å²) in [6.07, 6.45) is 0.826. The molecule has 0 bridgehead atoms. The van der Waals surface area contributed by atoms with Gasteiger partial charge in [-0.3, -0.25) is 10.9 Å². The van der Waals surface area contributed by atoms with Crippen molar-refractivity contribution in [3.63, 3.8) is 0 Å². The van der Waals surface area contributed by atoms with Gasteiger partial charge in [-0.25, -0.2) is 4.79 Å². The molecule has 1 saturated heterocycles. The largest absolute Gasteiger partial charge is 0.345 e. The zero-order valence-corrected chi connectivity index (χ0v) is 8.71. The van der Waals surface area contributed by atoms with Gasteiger partial charge in [-0.15, -0.1) is 10.7 Å². The minimum absolute atomic E-state index is 0.244. The Hall–Kier alpha value is -1.30. The van der Waals surface area contributed by atoms with Crippen LogP contribution in [-0.4, -0.2) is 17.7 Å². The molecule has 1 fully saturated rings. The Morgan fingerprint density at radius 3 is 2.60 bits per heavy atom. The fourth-order valence-electron chi connectivity index (χ4n) is 1.30. The summed E-state index contributed by atoms with van der Waals surface area (Å²) in [5, 5.41) is 2.32. The van der Waals surface area contributed by atoms with E-state index in [2.05, 4.69) is 16.4 Å². The van der Waals surface area contributed by atoms with Crippen LogP contribution in [0.5, 0.6) is 0 Å². The van der Waals surface area contributed by atoms with Crippen molar-refractivity contribution in [3.05, 3.63) is 34.9 Å². The second-order valence-electron chi connectivity index (χ2n) is 3.21. The van der Waals surface area contributed by atoms with Crippen LogP contribution in [0.1, 0.15) is 5.56 Å². The average Bonchev–Trinajstić information content (AvgIpc) is 2.64. The van der Waals surface area contributed by atoms with Crippen molar-refractivity contribution >= 4 is 17.6 Å². The molecule has 1 heterocycles. The third-order valence-corrected chi connectivity index (χ3v) is 2.33. The minimum atomic E-state index is -0.244. The highest BCUT2D eigenvalue weighted by Gasteiger charge is 2.15. The lowest BCUT2D eigenvalue weighted by atomic mass is 10.1. The molecular weight excluding hydrogens is 216 g/mol. The van der Waals surface area contributed by atoms with Crippen LogP contribution in [0.3, 0.4) is 0 Å². The number of nitrogens with zero attached hydrogens (tertiary/aromatic N) is 1. The van der Waals surface area contributed by atoms with E-state index in [0.717, 1.165) is 11.4 Å². The van der Waals surface area contributed by atoms with E-state index < -0.39 is 0 Å². The zero-order chi connectivity index (χ0) is 10.7. The second-order valence-corrected chi connectivity index (χ2v) is 3.64. The first-order valence-corrected chi connectivity index (χ1v) is 4.96. The molecule has 6 heteroatoms. The standard InChI is InChI=1S/C9H11ClN4O/c10-8-3-1-7(2-4-8)5-6-14-12-9(15)11-13-14/h1-4,13H,5-6H2,(H2,11,12,15). The quantitative estimate of drug-likeness (QED) is 0.716. The molecule has 5 nitrogen and oxygen atoms in total. The number of halogens is 1. The molecule has 0 atom stereocenters. The van der Waals surface area contributed by atoms with Crippen molar-refractivity contribution in [2.24, 2.45) is 0 Å². The molecule has 0 aliphatic carbocycles. The van der Waals surface area contributed by atoms with Gasteiger partial charge in [0, 0.05) is 11.6 Å². The number of urea groups is 1. The Morgan fingerprint density at radius 2 is 2.00 bits per heavy atom. The maximum absolute atomic E-state index is 10.8. The lowest BCUT2D eigenvalue weighted by Crippen LogP contribution is -2.41. The second kappa shape index (κ2) is 4.48. The molecule has 15 heavy (non-hydrogen) atoms. The molecule has 0 radical (unpaired) electrons. The van der Waals surface area contributed by atoms with E-state index in [1.165, 1.54) is 5.56 Å². The van der Waals surface area contributed by atoms with E-state index in [4.69, 9.17) is 11.6 Å². The Morgan fingerprint density at radius 1 is 1.27 bits per heavy atom. The number of hydrogen-bond acceptors (Lipinski definition) is 3. The number of nitrogens with one attached hydrogen (secondary N) is 3. The summed E-state index contributed by atoms with van der Waals surface area (Å²) in [5.41, 5.74) is 8.85. The molecule has 1 aromatic rings. The lowest BCUT2D eigenvalue weighted by Gasteiger charge is -2.12. The molecule has 1 aliphatic heterocycles. The predicted molar refractivity (Wildman–Crippen MR) is 56.7 cm³/mol. The van der Waals surface area contributed by atoms with Crippen LogP contribution in [0.25, 0.3) is 0 Å². The Balaban J connectivity index is 1.83. The van der Waals surface area contributed by atoms with Crippen molar-refractivity contribution in [1.82, 2.24) is 21.5 Å². The summed E-state index contributed by atoms with van der Waals surface area (Å²) in [4.78, 5) is 10.8. The third kappa shape index (κ3) is 2.82. The van der Waals surface area contributed by atoms with Gasteiger partial charge >= 0.3 is 6.03 Å². The Labute approximate surface area is 92.3 Å². The van der Waals surface area contributed by atoms with E-state index in [1.54, 1.807) is 5.12 Å². The highest BCUT2D eigenvalue weighted by atomic mass is 35.5. The van der Waals surface area contributed by atoms with Crippen LogP contribution < -0.4 is 16.4 Å². The average molecular weight is 227 g/mol. The number of amides is 2. The van der Waals surface area contributed by atoms with Crippen LogP contribution in [0.4, 0.5) is 4.79 Å². The number of hydrogen-bond donors (Lipinski definition) is 3. The Bertz CT molecular complexity index is 354. The molecule has 0 aromatic heterocycles. The van der Waals surface area contributed by atoms with Crippen molar-refractivity contribution < 1.29 is 4.79 Å². The SMILES string of the molecule is O=C1NNN(CCc2ccc(Cl)cc2)N1. The molecule has 0 unspecified atom stereocenters. The van der Waals surface area contributed by atoms with E-state index in [0.29, 0.717) is 6.54 Å². The fraction of sp³-hybridized carbons (Fsp3) is 0.222. The molecule has 1 aromatic carbocycles. The van der Waals surface area contributed by atoms with Crippen molar-refractivity contribution in [2.45, 2.75) is 6.42 Å². The molecular formula is C9H11ClN4O. The van der Waals surface area contributed by atoms with E-state index in [1.807, 2.05) is 24.3 Å². The maximum atomic E-state index is 10.8. The van der Waals surface area contributed by atoms with Gasteiger partial charge in [0.15, 0.2) is 0 Å². The number of hydrazine groups is 3. The van der Waals surface area contributed by atoms with Gasteiger partial charge in [-0.05, 0) is 24.1 Å². The number of carbonyl (C=O) groups excluding carboxylic acids is 1. The lowest BCUT2D eigenvalue weighted by molar-refractivity contribution is 0.172. The zero-order valence-electron chi connectivity index (χ0n) is 7.96. The van der Waals surface area contributed by atoms with Crippen LogP contribution >= 0.6 is 11.6 Å². The topological polar surface area (TPSA) is 56.4 Å². The van der Waals surface area contributed by atoms with E-state index in [9.17, 15) is 4.79 Å². The van der Waals surface area contributed by atoms with Crippen LogP contribution in [0.2, 0.25) is 5.02 Å². The summed E-state index contributed by atoms with van der Waals surface area (Å²) < 4.78 is 0. The van der Waals surface area contributed by atoms with Gasteiger partial charge in [0.25, 0.3) is 0 Å². The smallest absolute Gasteiger partial charge is 0.257 e. The molecule has 1 aliphatic rings. The van der Waals surface area contributed by atoms with E-state index in [-0.39, 0.29) is 6.03 Å². The van der Waals surface area contributed by atoms with Gasteiger partial charge < -0.3 is 0 Å². The van der Waals surface area contributed by atoms with Crippen molar-refractivity contribution in [3.8, 4) is 0 Å². The molecule has 3 N–H and O–H groups in total. The van der Waals surface area contributed by atoms with Gasteiger partial charge in [0.2, 0.25) is 0 Å². The number of rotatable bonds is 3. The van der Waals surface area contributed by atoms with Gasteiger partial charge in [-0.1, -0.05) is 23.7 Å². The van der Waals surface area contributed by atoms with Gasteiger partial charge in [-0.2, -0.15) is 0 Å². The van der Waals surface area contributed by atoms with Crippen molar-refractivity contribution in [1.29, 1.82) is 0 Å². The fourth-order valence-corrected chi connectivity index (χ4v) is 1.43. The van der Waals surface area contributed by atoms with Crippen molar-refractivity contribution in [2.75, 3.05) is 6.54 Å². The van der Waals surface area contributed by atoms with Crippen LogP contribution in [0, 0.1) is 0 Å². The van der Waals surface area contributed by atoms with Gasteiger partial charge in [0.1, 0.15) is 0 Å². The van der Waals surface area contributed by atoms with Gasteiger partial charge in [0.05, 0.1) is 0 Å². The maximum Gasteiger partial charge on any atom is 0.345 e. The minimum Gasteiger partial charge on any atom is -0.257 e. The summed E-state index contributed by atoms with van der Waals surface area (Å²) in [6, 6.07) is 7.39. The summed E-state index contributed by atoms with van der Waals surface area (Å²) in [6.45, 7) is 0.681. The molecule has 0 spiro atoms. The summed E-state index contributed by atoms with van der Waals surface area (Å²) in [7, 11) is 0. The summed E-state index contributed by atoms with van der Waals surface area (Å²) >= 11 is 5.77. The Kier molecular flexibility index (Phi) is 3.05. The molecule has 2 amide bonds. The highest BCUT2D eigenvalue weighted by molar-refractivity contribution is 6.30. The highest BCUT2D eigenvalue weighted by Crippen LogP contribution is 2.09. The third-order valence-electron chi connectivity index (χ3n) is 2.08. The molecule has 2 rings (SSSR count). The van der Waals surface area contributed by atoms with E-state index >= 15 is 0 Å². The summed E-state index contributed by atoms with van der Waals surface area (Å²) in [5.74, 6) is 0. The van der Waals surface area contributed by atoms with Crippen LogP contribution in [-0.2, 0) is 6.42 Å². The first-order chi connectivity index (χ1) is 7.24. The molecule has 0 saturated carbocycles. The predicted octanol–water partition coefficient (Wildman–Crippen LogP) is 0.832. The first kappa shape index (κ1) is 10.2. The van der Waals surface area contributed by atoms with Crippen LogP contribution in [0.15, 0.2) is 24.3 Å². The first-order valence-electron chi connectivity index (χ1n) is 4.58. The number of carbonyl (C=O) groups is 1.